The van der Waals surface area contributed by atoms with Gasteiger partial charge in [0.1, 0.15) is 17.5 Å². The van der Waals surface area contributed by atoms with Crippen LogP contribution in [0.25, 0.3) is 0 Å². The second-order valence-electron chi connectivity index (χ2n) is 29.5. The van der Waals surface area contributed by atoms with E-state index in [0.29, 0.717) is 47.3 Å². The van der Waals surface area contributed by atoms with Crippen LogP contribution in [0.1, 0.15) is 350 Å². The number of pyridine rings is 2. The van der Waals surface area contributed by atoms with Crippen LogP contribution >= 0.6 is 0 Å². The van der Waals surface area contributed by atoms with Crippen molar-refractivity contribution in [2.45, 2.75) is 338 Å². The maximum Gasteiger partial charge on any atom is 0.131 e. The minimum absolute atomic E-state index is 0.419. The Bertz CT molecular complexity index is 3680. The first-order valence-electron chi connectivity index (χ1n) is 35.8. The van der Waals surface area contributed by atoms with Crippen LogP contribution in [0.2, 0.25) is 0 Å². The number of rotatable bonds is 8. The lowest BCUT2D eigenvalue weighted by atomic mass is 9.97. The molecule has 0 fully saturated rings. The first kappa shape index (κ1) is 88.8. The second-order valence-corrected chi connectivity index (χ2v) is 29.5. The van der Waals surface area contributed by atoms with Gasteiger partial charge in [0.05, 0.1) is 45.6 Å². The Kier molecular flexibility index (Phi) is 36.4. The number of aromatic nitrogens is 14. The minimum Gasteiger partial charge on any atom is -0.257 e. The highest BCUT2D eigenvalue weighted by molar-refractivity contribution is 5.40. The van der Waals surface area contributed by atoms with E-state index in [4.69, 9.17) is 0 Å². The molecule has 8 aromatic heterocycles. The van der Waals surface area contributed by atoms with Crippen LogP contribution in [-0.4, -0.2) is 70.2 Å². The van der Waals surface area contributed by atoms with Crippen molar-refractivity contribution in [3.8, 4) is 0 Å². The standard InChI is InChI=1S/2C12H19N.6C10H16N2/c2*1-7(2)12-10(5)8(3)9(4)11(6)13-12;1-6(2)10-9(5)11-7(3)8(4)12-10;2*1-6(2)10-7(3)8(4)11-9(5)12-10;1-6(2)10-11-8(4)7(3)9(5)12-10;2*1-6(2)10-8(4)7(3)9(5)11-12-10/h2*7H,1-6H3;6*6H,1-5H3. The fourth-order valence-corrected chi connectivity index (χ4v) is 10.9. The molecule has 98 heavy (non-hydrogen) atoms. The van der Waals surface area contributed by atoms with Gasteiger partial charge in [0.2, 0.25) is 0 Å². The molecule has 0 aliphatic heterocycles. The zero-order valence-electron chi connectivity index (χ0n) is 69.9. The summed E-state index contributed by atoms with van der Waals surface area (Å²) < 4.78 is 0. The number of hydrogen-bond donors (Lipinski definition) is 0. The second kappa shape index (κ2) is 40.1. The van der Waals surface area contributed by atoms with Crippen LogP contribution in [0, 0.1) is 180 Å². The molecule has 0 aliphatic carbocycles. The highest BCUT2D eigenvalue weighted by Gasteiger charge is 2.16. The van der Waals surface area contributed by atoms with Gasteiger partial charge in [0.15, 0.2) is 0 Å². The maximum absolute atomic E-state index is 4.63. The largest absolute Gasteiger partial charge is 0.257 e. The zero-order valence-corrected chi connectivity index (χ0v) is 69.9. The van der Waals surface area contributed by atoms with Gasteiger partial charge in [0, 0.05) is 62.9 Å². The molecule has 8 aromatic rings. The van der Waals surface area contributed by atoms with Crippen molar-refractivity contribution in [3.05, 3.63) is 192 Å². The van der Waals surface area contributed by atoms with E-state index in [2.05, 4.69) is 285 Å². The molecule has 8 rings (SSSR count). The van der Waals surface area contributed by atoms with Crippen molar-refractivity contribution in [1.82, 2.24) is 70.2 Å². The van der Waals surface area contributed by atoms with E-state index < -0.39 is 0 Å². The molecule has 0 bridgehead atoms. The Hall–Kier alpha value is -7.22. The molecular weight excluding hydrogens is 1210 g/mol. The molecule has 540 valence electrons. The molecule has 0 spiro atoms. The average molecular weight is 1340 g/mol. The average Bonchev–Trinajstić information content (AvgIpc) is 0.843. The van der Waals surface area contributed by atoms with Crippen molar-refractivity contribution in [1.29, 1.82) is 0 Å². The van der Waals surface area contributed by atoms with E-state index in [1.54, 1.807) is 0 Å². The molecule has 0 amide bonds. The van der Waals surface area contributed by atoms with E-state index in [-0.39, 0.29) is 0 Å². The van der Waals surface area contributed by atoms with Crippen LogP contribution in [-0.2, 0) is 0 Å². The third kappa shape index (κ3) is 25.8. The smallest absolute Gasteiger partial charge is 0.131 e. The van der Waals surface area contributed by atoms with Gasteiger partial charge in [-0.2, -0.15) is 20.4 Å². The Morgan fingerprint density at radius 1 is 0.143 bits per heavy atom. The lowest BCUT2D eigenvalue weighted by molar-refractivity contribution is 0.753. The summed E-state index contributed by atoms with van der Waals surface area (Å²) in [5.74, 6) is 6.57. The molecule has 0 aliphatic rings. The molecule has 14 nitrogen and oxygen atoms in total. The molecule has 8 heterocycles. The lowest BCUT2D eigenvalue weighted by Gasteiger charge is -2.15. The fraction of sp³-hybridized carbons (Fsp3) is 0.595. The molecule has 0 unspecified atom stereocenters. The zero-order chi connectivity index (χ0) is 76.1. The van der Waals surface area contributed by atoms with Gasteiger partial charge in [0.25, 0.3) is 0 Å². The number of aryl methyl sites for hydroxylation is 13. The fourth-order valence-electron chi connectivity index (χ4n) is 10.9. The highest BCUT2D eigenvalue weighted by Crippen LogP contribution is 2.27. The van der Waals surface area contributed by atoms with Gasteiger partial charge in [-0.1, -0.05) is 111 Å². The third-order valence-corrected chi connectivity index (χ3v) is 18.9. The normalized spacial score (nSPS) is 10.9. The molecule has 0 atom stereocenters. The van der Waals surface area contributed by atoms with Crippen molar-refractivity contribution in [3.63, 3.8) is 0 Å². The van der Waals surface area contributed by atoms with Crippen LogP contribution < -0.4 is 0 Å². The van der Waals surface area contributed by atoms with Gasteiger partial charge in [-0.15, -0.1) is 0 Å². The molecule has 0 aromatic carbocycles. The van der Waals surface area contributed by atoms with E-state index in [1.807, 2.05) is 76.2 Å². The van der Waals surface area contributed by atoms with E-state index in [9.17, 15) is 0 Å². The molecule has 14 heteroatoms. The molecule has 0 saturated heterocycles. The van der Waals surface area contributed by atoms with Crippen LogP contribution in [0.5, 0.6) is 0 Å². The van der Waals surface area contributed by atoms with Gasteiger partial charge < -0.3 is 0 Å². The van der Waals surface area contributed by atoms with Crippen molar-refractivity contribution in [2.24, 2.45) is 0 Å². The summed E-state index contributed by atoms with van der Waals surface area (Å²) in [5, 5.41) is 16.6. The summed E-state index contributed by atoms with van der Waals surface area (Å²) in [4.78, 5) is 44.5. The minimum atomic E-state index is 0.419. The number of nitrogens with zero attached hydrogens (tertiary/aromatic N) is 14. The van der Waals surface area contributed by atoms with Crippen LogP contribution in [0.15, 0.2) is 0 Å². The molecule has 0 radical (unpaired) electrons. The summed E-state index contributed by atoms with van der Waals surface area (Å²) in [6.07, 6.45) is 0. The van der Waals surface area contributed by atoms with Gasteiger partial charge in [-0.3, -0.25) is 19.9 Å². The van der Waals surface area contributed by atoms with Crippen molar-refractivity contribution in [2.75, 3.05) is 0 Å². The highest BCUT2D eigenvalue weighted by atomic mass is 15.1. The SMILES string of the molecule is Cc1nc(C(C)C)c(C)c(C)c1C.Cc1nc(C(C)C)c(C)c(C)c1C.Cc1nc(C(C)C)nc(C)c1C.Cc1nc(C)c(C(C)C)nc1C.Cc1nc(C)c(C)c(C(C)C)n1.Cc1nc(C)c(C)c(C(C)C)n1.Cc1nnc(C(C)C)c(C)c1C.Cc1nnc(C(C)C)c(C)c1C. The van der Waals surface area contributed by atoms with E-state index in [0.717, 1.165) is 85.8 Å². The third-order valence-electron chi connectivity index (χ3n) is 18.9. The van der Waals surface area contributed by atoms with Crippen LogP contribution in [0.3, 0.4) is 0 Å². The van der Waals surface area contributed by atoms with Gasteiger partial charge in [-0.25, -0.2) is 29.9 Å². The number of hydrogen-bond acceptors (Lipinski definition) is 14. The van der Waals surface area contributed by atoms with E-state index >= 15 is 0 Å². The predicted molar refractivity (Wildman–Crippen MR) is 417 cm³/mol. The molecule has 0 N–H and O–H groups in total. The topological polar surface area (TPSA) is 180 Å². The van der Waals surface area contributed by atoms with Crippen molar-refractivity contribution < 1.29 is 0 Å². The quantitative estimate of drug-likeness (QED) is 0.140. The van der Waals surface area contributed by atoms with Crippen LogP contribution in [0.4, 0.5) is 0 Å². The Balaban J connectivity index is 0.000000560. The summed E-state index contributed by atoms with van der Waals surface area (Å²) in [7, 11) is 0. The maximum atomic E-state index is 4.63. The summed E-state index contributed by atoms with van der Waals surface area (Å²) in [6.45, 7) is 88.5. The predicted octanol–water partition coefficient (Wildman–Crippen LogP) is 22.0. The summed E-state index contributed by atoms with van der Waals surface area (Å²) >= 11 is 0. The Labute approximate surface area is 597 Å². The Morgan fingerprint density at radius 2 is 0.378 bits per heavy atom. The monoisotopic (exact) mass is 1340 g/mol. The van der Waals surface area contributed by atoms with E-state index in [1.165, 1.54) is 106 Å². The summed E-state index contributed by atoms with van der Waals surface area (Å²) in [5.41, 5.74) is 37.2. The van der Waals surface area contributed by atoms with Crippen molar-refractivity contribution >= 4 is 0 Å². The van der Waals surface area contributed by atoms with Gasteiger partial charge >= 0.3 is 0 Å². The first-order valence-corrected chi connectivity index (χ1v) is 35.8. The summed E-state index contributed by atoms with van der Waals surface area (Å²) in [6, 6.07) is 0. The first-order chi connectivity index (χ1) is 45.0. The molecular formula is C84H134N14. The molecule has 0 saturated carbocycles. The Morgan fingerprint density at radius 3 is 0.663 bits per heavy atom. The lowest BCUT2D eigenvalue weighted by Crippen LogP contribution is -2.03. The van der Waals surface area contributed by atoms with Gasteiger partial charge in [-0.05, 0) is 294 Å².